The number of unbranched alkanes of at least 4 members (excludes halogenated alkanes) is 9. The summed E-state index contributed by atoms with van der Waals surface area (Å²) in [5.74, 6) is -1.41. The minimum Gasteiger partial charge on any atom is -0.481 e. The highest BCUT2D eigenvalue weighted by Crippen LogP contribution is 2.09. The topological polar surface area (TPSA) is 74.6 Å². The van der Waals surface area contributed by atoms with E-state index >= 15 is 0 Å². The van der Waals surface area contributed by atoms with E-state index in [1.807, 2.05) is 0 Å². The van der Waals surface area contributed by atoms with E-state index in [-0.39, 0.29) is 12.8 Å². The van der Waals surface area contributed by atoms with Crippen LogP contribution in [0, 0.1) is 0 Å². The maximum absolute atomic E-state index is 10.3. The van der Waals surface area contributed by atoms with Gasteiger partial charge in [0.05, 0.1) is 0 Å². The Hall–Kier alpha value is -1.58. The van der Waals surface area contributed by atoms with Crippen molar-refractivity contribution in [1.29, 1.82) is 0 Å². The molecule has 0 aliphatic heterocycles. The number of carboxylic acid groups (broad SMARTS) is 2. The van der Waals surface area contributed by atoms with E-state index in [2.05, 4.69) is 24.3 Å². The molecule has 0 aliphatic rings. The first kappa shape index (κ1) is 22.4. The van der Waals surface area contributed by atoms with Crippen LogP contribution in [0.5, 0.6) is 0 Å². The van der Waals surface area contributed by atoms with Crippen LogP contribution in [0.3, 0.4) is 0 Å². The lowest BCUT2D eigenvalue weighted by atomic mass is 10.1. The fraction of sp³-hybridized carbons (Fsp3) is 0.700. The van der Waals surface area contributed by atoms with Crippen molar-refractivity contribution < 1.29 is 19.8 Å². The van der Waals surface area contributed by atoms with Crippen molar-refractivity contribution in [2.45, 2.75) is 89.9 Å². The molecule has 0 rings (SSSR count). The van der Waals surface area contributed by atoms with Crippen molar-refractivity contribution in [1.82, 2.24) is 0 Å². The zero-order chi connectivity index (χ0) is 17.9. The second kappa shape index (κ2) is 17.8. The lowest BCUT2D eigenvalue weighted by Gasteiger charge is -1.98. The van der Waals surface area contributed by atoms with Crippen LogP contribution in [0.2, 0.25) is 0 Å². The second-order valence-electron chi connectivity index (χ2n) is 6.21. The molecule has 4 nitrogen and oxygen atoms in total. The Bertz CT molecular complexity index is 372. The van der Waals surface area contributed by atoms with Crippen LogP contribution in [0.1, 0.15) is 89.9 Å². The van der Waals surface area contributed by atoms with E-state index < -0.39 is 11.9 Å². The first-order valence-corrected chi connectivity index (χ1v) is 9.36. The zero-order valence-electron chi connectivity index (χ0n) is 14.9. The summed E-state index contributed by atoms with van der Waals surface area (Å²) < 4.78 is 0. The molecule has 0 aromatic rings. The summed E-state index contributed by atoms with van der Waals surface area (Å²) in [6.45, 7) is 0. The predicted octanol–water partition coefficient (Wildman–Crippen LogP) is 5.73. The highest BCUT2D eigenvalue weighted by molar-refractivity contribution is 5.66. The van der Waals surface area contributed by atoms with Gasteiger partial charge in [-0.15, -0.1) is 0 Å². The SMILES string of the molecule is O=C(O)CCC/C=C\CCCCCCC/C=C\CCCCC(=O)O. The molecular formula is C20H34O4. The molecule has 0 amide bonds. The van der Waals surface area contributed by atoms with Crippen LogP contribution in [0.4, 0.5) is 0 Å². The smallest absolute Gasteiger partial charge is 0.303 e. The van der Waals surface area contributed by atoms with Gasteiger partial charge in [0.2, 0.25) is 0 Å². The summed E-state index contributed by atoms with van der Waals surface area (Å²) in [4.78, 5) is 20.7. The molecule has 0 bridgehead atoms. The maximum Gasteiger partial charge on any atom is 0.303 e. The van der Waals surface area contributed by atoms with Gasteiger partial charge in [0.15, 0.2) is 0 Å². The van der Waals surface area contributed by atoms with Crippen LogP contribution < -0.4 is 0 Å². The molecule has 0 aromatic heterocycles. The lowest BCUT2D eigenvalue weighted by molar-refractivity contribution is -0.138. The Morgan fingerprint density at radius 2 is 0.833 bits per heavy atom. The fourth-order valence-electron chi connectivity index (χ4n) is 2.44. The van der Waals surface area contributed by atoms with Gasteiger partial charge in [0.25, 0.3) is 0 Å². The molecule has 0 spiro atoms. The zero-order valence-corrected chi connectivity index (χ0v) is 14.9. The van der Waals surface area contributed by atoms with Crippen LogP contribution in [0.15, 0.2) is 24.3 Å². The normalized spacial score (nSPS) is 11.5. The molecule has 0 saturated carbocycles. The third-order valence-electron chi connectivity index (χ3n) is 3.85. The van der Waals surface area contributed by atoms with Crippen molar-refractivity contribution in [2.75, 3.05) is 0 Å². The highest BCUT2D eigenvalue weighted by Gasteiger charge is 1.95. The molecule has 0 fully saturated rings. The predicted molar refractivity (Wildman–Crippen MR) is 98.2 cm³/mol. The minimum atomic E-state index is -0.712. The van der Waals surface area contributed by atoms with Gasteiger partial charge in [-0.2, -0.15) is 0 Å². The summed E-state index contributed by atoms with van der Waals surface area (Å²) in [5, 5.41) is 17.0. The van der Waals surface area contributed by atoms with Gasteiger partial charge < -0.3 is 10.2 Å². The van der Waals surface area contributed by atoms with Gasteiger partial charge in [-0.3, -0.25) is 9.59 Å². The largest absolute Gasteiger partial charge is 0.481 e. The number of hydrogen-bond acceptors (Lipinski definition) is 2. The summed E-state index contributed by atoms with van der Waals surface area (Å²) >= 11 is 0. The molecule has 0 aliphatic carbocycles. The molecule has 0 heterocycles. The standard InChI is InChI=1S/C20H34O4/c21-19(22)17-15-13-11-9-7-5-3-1-2-4-6-8-10-12-14-16-18-20(23)24/h7,9-10,12H,1-6,8,11,13-18H2,(H,21,22)(H,23,24)/b9-7-,12-10-. The number of allylic oxidation sites excluding steroid dienone is 4. The summed E-state index contributed by atoms with van der Waals surface area (Å²) in [6, 6.07) is 0. The van der Waals surface area contributed by atoms with Crippen molar-refractivity contribution in [3.63, 3.8) is 0 Å². The molecule has 24 heavy (non-hydrogen) atoms. The molecule has 0 saturated heterocycles. The maximum atomic E-state index is 10.3. The van der Waals surface area contributed by atoms with Gasteiger partial charge in [-0.1, -0.05) is 43.6 Å². The molecular weight excluding hydrogens is 304 g/mol. The lowest BCUT2D eigenvalue weighted by Crippen LogP contribution is -1.92. The Labute approximate surface area is 146 Å². The van der Waals surface area contributed by atoms with Gasteiger partial charge in [0, 0.05) is 12.8 Å². The van der Waals surface area contributed by atoms with E-state index in [4.69, 9.17) is 10.2 Å². The van der Waals surface area contributed by atoms with Crippen LogP contribution >= 0.6 is 0 Å². The monoisotopic (exact) mass is 338 g/mol. The molecule has 138 valence electrons. The third kappa shape index (κ3) is 20.4. The molecule has 2 N–H and O–H groups in total. The van der Waals surface area contributed by atoms with E-state index in [9.17, 15) is 9.59 Å². The van der Waals surface area contributed by atoms with Gasteiger partial charge in [-0.05, 0) is 57.8 Å². The Balaban J connectivity index is 3.18. The third-order valence-corrected chi connectivity index (χ3v) is 3.85. The minimum absolute atomic E-state index is 0.265. The Kier molecular flexibility index (Phi) is 16.6. The first-order valence-electron chi connectivity index (χ1n) is 9.36. The van der Waals surface area contributed by atoms with E-state index in [1.54, 1.807) is 0 Å². The van der Waals surface area contributed by atoms with Crippen molar-refractivity contribution in [3.05, 3.63) is 24.3 Å². The molecule has 4 heteroatoms. The van der Waals surface area contributed by atoms with E-state index in [0.29, 0.717) is 0 Å². The number of carboxylic acids is 2. The van der Waals surface area contributed by atoms with Crippen LogP contribution in [-0.2, 0) is 9.59 Å². The van der Waals surface area contributed by atoms with Gasteiger partial charge >= 0.3 is 11.9 Å². The number of hydrogen-bond donors (Lipinski definition) is 2. The second-order valence-corrected chi connectivity index (χ2v) is 6.21. The Morgan fingerprint density at radius 3 is 1.29 bits per heavy atom. The number of rotatable bonds is 17. The molecule has 0 unspecified atom stereocenters. The van der Waals surface area contributed by atoms with Gasteiger partial charge in [-0.25, -0.2) is 0 Å². The molecule has 0 aromatic carbocycles. The average molecular weight is 338 g/mol. The Morgan fingerprint density at radius 1 is 0.500 bits per heavy atom. The molecule has 0 atom stereocenters. The summed E-state index contributed by atoms with van der Waals surface area (Å²) in [5.41, 5.74) is 0. The summed E-state index contributed by atoms with van der Waals surface area (Å²) in [6.07, 6.45) is 22.0. The van der Waals surface area contributed by atoms with Gasteiger partial charge in [0.1, 0.15) is 0 Å². The number of carbonyl (C=O) groups is 2. The summed E-state index contributed by atoms with van der Waals surface area (Å²) in [7, 11) is 0. The molecule has 0 radical (unpaired) electrons. The highest BCUT2D eigenvalue weighted by atomic mass is 16.4. The van der Waals surface area contributed by atoms with Crippen LogP contribution in [0.25, 0.3) is 0 Å². The quantitative estimate of drug-likeness (QED) is 0.262. The van der Waals surface area contributed by atoms with Crippen molar-refractivity contribution in [3.8, 4) is 0 Å². The first-order chi connectivity index (χ1) is 11.6. The van der Waals surface area contributed by atoms with E-state index in [0.717, 1.165) is 44.9 Å². The fourth-order valence-corrected chi connectivity index (χ4v) is 2.44. The van der Waals surface area contributed by atoms with E-state index in [1.165, 1.54) is 32.1 Å². The number of aliphatic carboxylic acids is 2. The average Bonchev–Trinajstić information content (AvgIpc) is 2.53. The van der Waals surface area contributed by atoms with Crippen molar-refractivity contribution in [2.24, 2.45) is 0 Å². The van der Waals surface area contributed by atoms with Crippen LogP contribution in [-0.4, -0.2) is 22.2 Å². The van der Waals surface area contributed by atoms with Crippen molar-refractivity contribution >= 4 is 11.9 Å².